The minimum Gasteiger partial charge on any atom is -0.457 e. The van der Waals surface area contributed by atoms with Crippen molar-refractivity contribution in [2.24, 2.45) is 0 Å². The van der Waals surface area contributed by atoms with Gasteiger partial charge in [-0.05, 0) is 55.5 Å². The van der Waals surface area contributed by atoms with Crippen LogP contribution in [0.5, 0.6) is 23.0 Å². The zero-order valence-electron chi connectivity index (χ0n) is 12.9. The number of esters is 2. The number of benzene rings is 2. The zero-order chi connectivity index (χ0) is 16.8. The van der Waals surface area contributed by atoms with Crippen LogP contribution >= 0.6 is 0 Å². The summed E-state index contributed by atoms with van der Waals surface area (Å²) >= 11 is 0. The maximum Gasteiger partial charge on any atom is 0.338 e. The van der Waals surface area contributed by atoms with Crippen molar-refractivity contribution in [2.45, 2.75) is 13.8 Å². The molecule has 118 valence electrons. The lowest BCUT2D eigenvalue weighted by atomic mass is 10.3. The molecule has 0 spiro atoms. The highest BCUT2D eigenvalue weighted by Gasteiger charge is 2.06. The van der Waals surface area contributed by atoms with Gasteiger partial charge in [-0.2, -0.15) is 0 Å². The van der Waals surface area contributed by atoms with Gasteiger partial charge in [-0.3, -0.25) is 4.79 Å². The van der Waals surface area contributed by atoms with Gasteiger partial charge in [-0.1, -0.05) is 6.58 Å². The Morgan fingerprint density at radius 3 is 1.52 bits per heavy atom. The smallest absolute Gasteiger partial charge is 0.338 e. The predicted molar refractivity (Wildman–Crippen MR) is 84.7 cm³/mol. The first-order valence-corrected chi connectivity index (χ1v) is 6.88. The second kappa shape index (κ2) is 7.26. The van der Waals surface area contributed by atoms with Crippen LogP contribution in [0.2, 0.25) is 0 Å². The minimum atomic E-state index is -0.472. The first-order valence-electron chi connectivity index (χ1n) is 6.88. The second-order valence-corrected chi connectivity index (χ2v) is 4.81. The largest absolute Gasteiger partial charge is 0.457 e. The summed E-state index contributed by atoms with van der Waals surface area (Å²) in [5, 5.41) is 0. The molecule has 0 amide bonds. The molecule has 2 rings (SSSR count). The van der Waals surface area contributed by atoms with Crippen molar-refractivity contribution in [3.8, 4) is 23.0 Å². The molecular weight excluding hydrogens is 296 g/mol. The molecule has 0 aliphatic carbocycles. The van der Waals surface area contributed by atoms with Crippen molar-refractivity contribution in [1.82, 2.24) is 0 Å². The van der Waals surface area contributed by atoms with Gasteiger partial charge in [-0.15, -0.1) is 0 Å². The average molecular weight is 312 g/mol. The van der Waals surface area contributed by atoms with Crippen molar-refractivity contribution >= 4 is 11.9 Å². The summed E-state index contributed by atoms with van der Waals surface area (Å²) in [6.07, 6.45) is 0. The third-order valence-corrected chi connectivity index (χ3v) is 2.70. The monoisotopic (exact) mass is 312 g/mol. The summed E-state index contributed by atoms with van der Waals surface area (Å²) in [6.45, 7) is 6.44. The summed E-state index contributed by atoms with van der Waals surface area (Å²) in [5.74, 6) is 1.19. The molecule has 2 aromatic carbocycles. The summed E-state index contributed by atoms with van der Waals surface area (Å²) in [7, 11) is 0. The highest BCUT2D eigenvalue weighted by Crippen LogP contribution is 2.25. The van der Waals surface area contributed by atoms with Crippen molar-refractivity contribution in [3.63, 3.8) is 0 Å². The van der Waals surface area contributed by atoms with E-state index in [1.807, 2.05) is 0 Å². The van der Waals surface area contributed by atoms with E-state index in [1.54, 1.807) is 55.5 Å². The lowest BCUT2D eigenvalue weighted by Crippen LogP contribution is -2.07. The molecule has 0 saturated heterocycles. The van der Waals surface area contributed by atoms with Crippen LogP contribution in [0.4, 0.5) is 0 Å². The Morgan fingerprint density at radius 1 is 0.739 bits per heavy atom. The summed E-state index contributed by atoms with van der Waals surface area (Å²) < 4.78 is 15.7. The van der Waals surface area contributed by atoms with Crippen LogP contribution in [-0.2, 0) is 9.59 Å². The van der Waals surface area contributed by atoms with Crippen LogP contribution in [0.3, 0.4) is 0 Å². The van der Waals surface area contributed by atoms with Gasteiger partial charge in [0.1, 0.15) is 23.0 Å². The Balaban J connectivity index is 1.99. The highest BCUT2D eigenvalue weighted by molar-refractivity contribution is 5.88. The number of hydrogen-bond donors (Lipinski definition) is 0. The van der Waals surface area contributed by atoms with Gasteiger partial charge in [0.15, 0.2) is 0 Å². The summed E-state index contributed by atoms with van der Waals surface area (Å²) in [6, 6.07) is 13.3. The van der Waals surface area contributed by atoms with E-state index in [1.165, 1.54) is 6.92 Å². The van der Waals surface area contributed by atoms with Crippen molar-refractivity contribution < 1.29 is 23.8 Å². The third-order valence-electron chi connectivity index (χ3n) is 2.70. The fraction of sp³-hybridized carbons (Fsp3) is 0.111. The van der Waals surface area contributed by atoms with E-state index in [2.05, 4.69) is 6.58 Å². The lowest BCUT2D eigenvalue weighted by molar-refractivity contribution is -0.132. The number of rotatable bonds is 5. The SMILES string of the molecule is C=C(C)C(=O)Oc1ccc(Oc2ccc(OC(C)=O)cc2)cc1. The van der Waals surface area contributed by atoms with Gasteiger partial charge < -0.3 is 14.2 Å². The molecule has 0 aromatic heterocycles. The van der Waals surface area contributed by atoms with Crippen LogP contribution in [0.15, 0.2) is 60.7 Å². The van der Waals surface area contributed by atoms with E-state index in [-0.39, 0.29) is 5.97 Å². The molecule has 5 heteroatoms. The molecule has 0 heterocycles. The molecule has 5 nitrogen and oxygen atoms in total. The maximum absolute atomic E-state index is 11.4. The lowest BCUT2D eigenvalue weighted by Gasteiger charge is -2.08. The zero-order valence-corrected chi connectivity index (χ0v) is 12.9. The van der Waals surface area contributed by atoms with Gasteiger partial charge in [0.2, 0.25) is 0 Å². The Bertz CT molecular complexity index is 714. The molecular formula is C18H16O5. The summed E-state index contributed by atoms with van der Waals surface area (Å²) in [4.78, 5) is 22.3. The Morgan fingerprint density at radius 2 is 1.13 bits per heavy atom. The fourth-order valence-electron chi connectivity index (χ4n) is 1.65. The van der Waals surface area contributed by atoms with E-state index < -0.39 is 5.97 Å². The second-order valence-electron chi connectivity index (χ2n) is 4.81. The standard InChI is InChI=1S/C18H16O5/c1-12(2)18(20)23-17-10-8-16(9-11-17)22-15-6-4-14(5-7-15)21-13(3)19/h4-11H,1H2,2-3H3. The van der Waals surface area contributed by atoms with E-state index in [9.17, 15) is 9.59 Å². The normalized spacial score (nSPS) is 9.83. The Hall–Kier alpha value is -3.08. The molecule has 23 heavy (non-hydrogen) atoms. The molecule has 2 aromatic rings. The van der Waals surface area contributed by atoms with Crippen LogP contribution in [0, 0.1) is 0 Å². The molecule has 0 unspecified atom stereocenters. The van der Waals surface area contributed by atoms with Crippen LogP contribution < -0.4 is 14.2 Å². The Labute approximate surface area is 134 Å². The van der Waals surface area contributed by atoms with Gasteiger partial charge in [-0.25, -0.2) is 4.79 Å². The minimum absolute atomic E-state index is 0.332. The first kappa shape index (κ1) is 16.3. The Kier molecular flexibility index (Phi) is 5.15. The van der Waals surface area contributed by atoms with E-state index in [4.69, 9.17) is 14.2 Å². The van der Waals surface area contributed by atoms with Crippen LogP contribution in [0.1, 0.15) is 13.8 Å². The number of carbonyl (C=O) groups excluding carboxylic acids is 2. The highest BCUT2D eigenvalue weighted by atomic mass is 16.5. The molecule has 0 atom stereocenters. The number of carbonyl (C=O) groups is 2. The van der Waals surface area contributed by atoms with Gasteiger partial charge in [0, 0.05) is 12.5 Å². The van der Waals surface area contributed by atoms with E-state index >= 15 is 0 Å². The molecule has 0 aliphatic heterocycles. The molecule has 0 radical (unpaired) electrons. The molecule has 0 saturated carbocycles. The van der Waals surface area contributed by atoms with Crippen LogP contribution in [0.25, 0.3) is 0 Å². The van der Waals surface area contributed by atoms with Crippen molar-refractivity contribution in [2.75, 3.05) is 0 Å². The van der Waals surface area contributed by atoms with Crippen LogP contribution in [-0.4, -0.2) is 11.9 Å². The molecule has 0 fully saturated rings. The van der Waals surface area contributed by atoms with Gasteiger partial charge >= 0.3 is 11.9 Å². The molecule has 0 N–H and O–H groups in total. The number of hydrogen-bond acceptors (Lipinski definition) is 5. The van der Waals surface area contributed by atoms with E-state index in [0.717, 1.165) is 0 Å². The van der Waals surface area contributed by atoms with Crippen molar-refractivity contribution in [1.29, 1.82) is 0 Å². The fourth-order valence-corrected chi connectivity index (χ4v) is 1.65. The first-order chi connectivity index (χ1) is 10.9. The maximum atomic E-state index is 11.4. The average Bonchev–Trinajstić information content (AvgIpc) is 2.50. The molecule has 0 aliphatic rings. The summed E-state index contributed by atoms with van der Waals surface area (Å²) in [5.41, 5.74) is 0.332. The topological polar surface area (TPSA) is 61.8 Å². The molecule has 0 bridgehead atoms. The van der Waals surface area contributed by atoms with Gasteiger partial charge in [0.05, 0.1) is 0 Å². The predicted octanol–water partition coefficient (Wildman–Crippen LogP) is 3.89. The number of ether oxygens (including phenoxy) is 3. The van der Waals surface area contributed by atoms with E-state index in [0.29, 0.717) is 28.6 Å². The van der Waals surface area contributed by atoms with Gasteiger partial charge in [0.25, 0.3) is 0 Å². The quantitative estimate of drug-likeness (QED) is 0.476. The third kappa shape index (κ3) is 5.00. The van der Waals surface area contributed by atoms with Crippen molar-refractivity contribution in [3.05, 3.63) is 60.7 Å².